The van der Waals surface area contributed by atoms with Crippen LogP contribution in [0.25, 0.3) is 11.1 Å². The van der Waals surface area contributed by atoms with Crippen LogP contribution in [0.2, 0.25) is 0 Å². The van der Waals surface area contributed by atoms with Crippen molar-refractivity contribution >= 4 is 11.6 Å². The third kappa shape index (κ3) is 1.58. The standard InChI is InChI=1S/C16H14N2O/c19-15-4-3-11-8-14(13-2-1-6-17-10-13)9-12-5-7-18(15)16(11)12/h1-2,6,8-10H,3-5,7H2. The van der Waals surface area contributed by atoms with Crippen molar-refractivity contribution in [2.24, 2.45) is 0 Å². The van der Waals surface area contributed by atoms with Crippen molar-refractivity contribution in [3.63, 3.8) is 0 Å². The smallest absolute Gasteiger partial charge is 0.227 e. The molecule has 0 saturated carbocycles. The molecule has 0 N–H and O–H groups in total. The first-order chi connectivity index (χ1) is 9.33. The SMILES string of the molecule is O=C1CCc2cc(-c3cccnc3)cc3c2N1CC3. The summed E-state index contributed by atoms with van der Waals surface area (Å²) in [5.41, 5.74) is 6.18. The summed E-state index contributed by atoms with van der Waals surface area (Å²) in [5.74, 6) is 0.278. The van der Waals surface area contributed by atoms with Crippen LogP contribution in [0.15, 0.2) is 36.7 Å². The molecule has 1 aromatic carbocycles. The highest BCUT2D eigenvalue weighted by Crippen LogP contribution is 2.39. The fourth-order valence-electron chi connectivity index (χ4n) is 3.16. The second kappa shape index (κ2) is 3.92. The molecule has 3 nitrogen and oxygen atoms in total. The third-order valence-corrected chi connectivity index (χ3v) is 4.05. The number of aromatic nitrogens is 1. The first-order valence-electron chi connectivity index (χ1n) is 6.69. The highest BCUT2D eigenvalue weighted by molar-refractivity contribution is 5.99. The van der Waals surface area contributed by atoms with Gasteiger partial charge in [0.1, 0.15) is 0 Å². The number of carbonyl (C=O) groups excluding carboxylic acids is 1. The second-order valence-corrected chi connectivity index (χ2v) is 5.18. The van der Waals surface area contributed by atoms with Crippen molar-refractivity contribution in [1.82, 2.24) is 4.98 Å². The van der Waals surface area contributed by atoms with Crippen LogP contribution in [0.4, 0.5) is 5.69 Å². The molecule has 1 aromatic heterocycles. The molecule has 0 spiro atoms. The zero-order valence-corrected chi connectivity index (χ0v) is 10.6. The number of rotatable bonds is 1. The van der Waals surface area contributed by atoms with Gasteiger partial charge in [0, 0.05) is 30.9 Å². The van der Waals surface area contributed by atoms with Crippen LogP contribution >= 0.6 is 0 Å². The third-order valence-electron chi connectivity index (χ3n) is 4.05. The monoisotopic (exact) mass is 250 g/mol. The topological polar surface area (TPSA) is 33.2 Å². The molecule has 0 unspecified atom stereocenters. The Labute approximate surface area is 111 Å². The van der Waals surface area contributed by atoms with Gasteiger partial charge in [-0.25, -0.2) is 0 Å². The molecule has 1 amide bonds. The van der Waals surface area contributed by atoms with Crippen molar-refractivity contribution in [1.29, 1.82) is 0 Å². The van der Waals surface area contributed by atoms with E-state index in [-0.39, 0.29) is 5.91 Å². The lowest BCUT2D eigenvalue weighted by molar-refractivity contribution is -0.118. The molecular weight excluding hydrogens is 236 g/mol. The van der Waals surface area contributed by atoms with E-state index in [1.54, 1.807) is 6.20 Å². The molecular formula is C16H14N2O. The number of anilines is 1. The second-order valence-electron chi connectivity index (χ2n) is 5.18. The minimum Gasteiger partial charge on any atom is -0.312 e. The summed E-state index contributed by atoms with van der Waals surface area (Å²) in [5, 5.41) is 0. The number of amides is 1. The Balaban J connectivity index is 1.89. The molecule has 94 valence electrons. The van der Waals surface area contributed by atoms with Crippen LogP contribution in [0.1, 0.15) is 17.5 Å². The minimum atomic E-state index is 0.278. The number of hydrogen-bond donors (Lipinski definition) is 0. The van der Waals surface area contributed by atoms with E-state index in [0.29, 0.717) is 6.42 Å². The Bertz CT molecular complexity index is 664. The minimum absolute atomic E-state index is 0.278. The van der Waals surface area contributed by atoms with E-state index < -0.39 is 0 Å². The molecule has 2 aliphatic heterocycles. The molecule has 4 rings (SSSR count). The van der Waals surface area contributed by atoms with Gasteiger partial charge in [-0.2, -0.15) is 0 Å². The molecule has 3 heterocycles. The Morgan fingerprint density at radius 3 is 2.68 bits per heavy atom. The molecule has 2 aliphatic rings. The first kappa shape index (κ1) is 10.7. The number of aryl methyl sites for hydroxylation is 1. The average molecular weight is 250 g/mol. The lowest BCUT2D eigenvalue weighted by Crippen LogP contribution is -2.32. The van der Waals surface area contributed by atoms with Gasteiger partial charge in [0.05, 0.1) is 5.69 Å². The number of benzene rings is 1. The molecule has 0 saturated heterocycles. The summed E-state index contributed by atoms with van der Waals surface area (Å²) in [6, 6.07) is 8.49. The summed E-state index contributed by atoms with van der Waals surface area (Å²) in [4.78, 5) is 18.0. The highest BCUT2D eigenvalue weighted by Gasteiger charge is 2.31. The van der Waals surface area contributed by atoms with E-state index in [0.717, 1.165) is 24.9 Å². The van der Waals surface area contributed by atoms with E-state index in [2.05, 4.69) is 23.2 Å². The quantitative estimate of drug-likeness (QED) is 0.779. The lowest BCUT2D eigenvalue weighted by Gasteiger charge is -2.25. The Morgan fingerprint density at radius 1 is 1.05 bits per heavy atom. The number of pyridine rings is 1. The van der Waals surface area contributed by atoms with Gasteiger partial charge in [0.25, 0.3) is 0 Å². The maximum absolute atomic E-state index is 11.9. The number of carbonyl (C=O) groups is 1. The summed E-state index contributed by atoms with van der Waals surface area (Å²) >= 11 is 0. The van der Waals surface area contributed by atoms with Gasteiger partial charge >= 0.3 is 0 Å². The highest BCUT2D eigenvalue weighted by atomic mass is 16.2. The Kier molecular flexibility index (Phi) is 2.21. The van der Waals surface area contributed by atoms with Crippen molar-refractivity contribution in [3.8, 4) is 11.1 Å². The van der Waals surface area contributed by atoms with E-state index in [1.165, 1.54) is 22.4 Å². The van der Waals surface area contributed by atoms with E-state index in [9.17, 15) is 4.79 Å². The van der Waals surface area contributed by atoms with Crippen LogP contribution in [0.5, 0.6) is 0 Å². The predicted octanol–water partition coefficient (Wildman–Crippen LogP) is 2.58. The summed E-state index contributed by atoms with van der Waals surface area (Å²) < 4.78 is 0. The van der Waals surface area contributed by atoms with Crippen molar-refractivity contribution in [3.05, 3.63) is 47.8 Å². The summed E-state index contributed by atoms with van der Waals surface area (Å²) in [6.07, 6.45) is 6.17. The summed E-state index contributed by atoms with van der Waals surface area (Å²) in [6.45, 7) is 0.845. The summed E-state index contributed by atoms with van der Waals surface area (Å²) in [7, 11) is 0. The zero-order valence-electron chi connectivity index (χ0n) is 10.6. The van der Waals surface area contributed by atoms with Gasteiger partial charge in [0.2, 0.25) is 5.91 Å². The Hall–Kier alpha value is -2.16. The molecule has 0 fully saturated rings. The first-order valence-corrected chi connectivity index (χ1v) is 6.69. The average Bonchev–Trinajstić information content (AvgIpc) is 2.89. The van der Waals surface area contributed by atoms with Gasteiger partial charge in [-0.3, -0.25) is 9.78 Å². The van der Waals surface area contributed by atoms with E-state index in [1.807, 2.05) is 17.2 Å². The van der Waals surface area contributed by atoms with Gasteiger partial charge < -0.3 is 4.90 Å². The number of hydrogen-bond acceptors (Lipinski definition) is 2. The van der Waals surface area contributed by atoms with Crippen molar-refractivity contribution < 1.29 is 4.79 Å². The van der Waals surface area contributed by atoms with Crippen LogP contribution < -0.4 is 4.90 Å². The fourth-order valence-corrected chi connectivity index (χ4v) is 3.16. The maximum Gasteiger partial charge on any atom is 0.227 e. The van der Waals surface area contributed by atoms with Crippen LogP contribution in [0.3, 0.4) is 0 Å². The van der Waals surface area contributed by atoms with Gasteiger partial charge in [-0.05, 0) is 47.7 Å². The molecule has 2 aromatic rings. The molecule has 19 heavy (non-hydrogen) atoms. The van der Waals surface area contributed by atoms with Crippen molar-refractivity contribution in [2.75, 3.05) is 11.4 Å². The van der Waals surface area contributed by atoms with E-state index in [4.69, 9.17) is 0 Å². The molecule has 0 bridgehead atoms. The van der Waals surface area contributed by atoms with Gasteiger partial charge in [-0.15, -0.1) is 0 Å². The molecule has 0 aliphatic carbocycles. The lowest BCUT2D eigenvalue weighted by atomic mass is 9.94. The van der Waals surface area contributed by atoms with Crippen molar-refractivity contribution in [2.45, 2.75) is 19.3 Å². The zero-order chi connectivity index (χ0) is 12.8. The van der Waals surface area contributed by atoms with E-state index >= 15 is 0 Å². The molecule has 3 heteroatoms. The normalized spacial score (nSPS) is 16.6. The van der Waals surface area contributed by atoms with Gasteiger partial charge in [0.15, 0.2) is 0 Å². The largest absolute Gasteiger partial charge is 0.312 e. The fraction of sp³-hybridized carbons (Fsp3) is 0.250. The molecule has 0 atom stereocenters. The predicted molar refractivity (Wildman–Crippen MR) is 74.1 cm³/mol. The van der Waals surface area contributed by atoms with Crippen LogP contribution in [0, 0.1) is 0 Å². The maximum atomic E-state index is 11.9. The number of nitrogens with zero attached hydrogens (tertiary/aromatic N) is 2. The Morgan fingerprint density at radius 2 is 1.89 bits per heavy atom. The van der Waals surface area contributed by atoms with Gasteiger partial charge in [-0.1, -0.05) is 6.07 Å². The van der Waals surface area contributed by atoms with Crippen LogP contribution in [-0.2, 0) is 17.6 Å². The van der Waals surface area contributed by atoms with Crippen LogP contribution in [-0.4, -0.2) is 17.4 Å². The molecule has 0 radical (unpaired) electrons.